The predicted molar refractivity (Wildman–Crippen MR) is 63.2 cm³/mol. The van der Waals surface area contributed by atoms with E-state index < -0.39 is 5.91 Å². The van der Waals surface area contributed by atoms with Gasteiger partial charge in [0.1, 0.15) is 12.0 Å². The number of hydrogen-bond donors (Lipinski definition) is 3. The summed E-state index contributed by atoms with van der Waals surface area (Å²) in [6.07, 6.45) is 1.50. The zero-order valence-corrected chi connectivity index (χ0v) is 9.01. The molecule has 17 heavy (non-hydrogen) atoms. The molecular weight excluding hydrogens is 220 g/mol. The van der Waals surface area contributed by atoms with Crippen molar-refractivity contribution in [3.05, 3.63) is 41.8 Å². The van der Waals surface area contributed by atoms with Gasteiger partial charge in [0.2, 0.25) is 5.91 Å². The first-order valence-corrected chi connectivity index (χ1v) is 4.99. The maximum absolute atomic E-state index is 10.9. The van der Waals surface area contributed by atoms with Gasteiger partial charge >= 0.3 is 0 Å². The van der Waals surface area contributed by atoms with Crippen molar-refractivity contribution in [3.8, 4) is 0 Å². The fourth-order valence-corrected chi connectivity index (χ4v) is 1.39. The molecule has 0 radical (unpaired) electrons. The summed E-state index contributed by atoms with van der Waals surface area (Å²) in [6, 6.07) is 6.60. The Hall–Kier alpha value is -2.50. The molecule has 0 aliphatic carbocycles. The topological polar surface area (TPSA) is 107 Å². The summed E-state index contributed by atoms with van der Waals surface area (Å²) in [4.78, 5) is 10.9. The van der Waals surface area contributed by atoms with E-state index in [1.807, 2.05) is 0 Å². The molecule has 88 valence electrons. The number of amides is 1. The second kappa shape index (κ2) is 4.56. The zero-order chi connectivity index (χ0) is 12.3. The van der Waals surface area contributed by atoms with Crippen LogP contribution in [-0.2, 0) is 6.54 Å². The molecule has 0 aliphatic rings. The minimum Gasteiger partial charge on any atom is -0.397 e. The molecule has 0 atom stereocenters. The largest absolute Gasteiger partial charge is 0.397 e. The number of nitrogen functional groups attached to an aromatic ring is 1. The Morgan fingerprint density at radius 1 is 1.41 bits per heavy atom. The van der Waals surface area contributed by atoms with E-state index >= 15 is 0 Å². The minimum atomic E-state index is -0.500. The van der Waals surface area contributed by atoms with Crippen LogP contribution in [-0.4, -0.2) is 11.1 Å². The van der Waals surface area contributed by atoms with Gasteiger partial charge < -0.3 is 21.3 Å². The van der Waals surface area contributed by atoms with Crippen molar-refractivity contribution in [3.63, 3.8) is 0 Å². The summed E-state index contributed by atoms with van der Waals surface area (Å²) in [5.74, 6) is -0.500. The van der Waals surface area contributed by atoms with Crippen molar-refractivity contribution in [2.75, 3.05) is 11.1 Å². The molecule has 0 unspecified atom stereocenters. The lowest BCUT2D eigenvalue weighted by Crippen LogP contribution is -2.12. The van der Waals surface area contributed by atoms with Crippen LogP contribution in [0.15, 0.2) is 35.1 Å². The second-order valence-electron chi connectivity index (χ2n) is 3.51. The van der Waals surface area contributed by atoms with Gasteiger partial charge in [0, 0.05) is 11.6 Å². The third-order valence-electron chi connectivity index (χ3n) is 2.29. The monoisotopic (exact) mass is 232 g/mol. The van der Waals surface area contributed by atoms with Gasteiger partial charge in [-0.15, -0.1) is 0 Å². The number of benzene rings is 1. The van der Waals surface area contributed by atoms with E-state index in [0.29, 0.717) is 17.8 Å². The number of nitrogens with zero attached hydrogens (tertiary/aromatic N) is 1. The fraction of sp³-hybridized carbons (Fsp3) is 0.0909. The first-order chi connectivity index (χ1) is 8.16. The number of rotatable bonds is 4. The number of carbonyl (C=O) groups is 1. The van der Waals surface area contributed by atoms with Crippen LogP contribution in [0.4, 0.5) is 11.4 Å². The van der Waals surface area contributed by atoms with Crippen LogP contribution in [0.3, 0.4) is 0 Å². The average Bonchev–Trinajstić information content (AvgIpc) is 2.80. The third kappa shape index (κ3) is 2.54. The molecule has 1 aromatic heterocycles. The van der Waals surface area contributed by atoms with Crippen LogP contribution in [0.25, 0.3) is 0 Å². The Balaban J connectivity index is 2.09. The maximum atomic E-state index is 10.9. The fourth-order valence-electron chi connectivity index (χ4n) is 1.39. The highest BCUT2D eigenvalue weighted by atomic mass is 16.5. The summed E-state index contributed by atoms with van der Waals surface area (Å²) < 4.78 is 4.70. The molecule has 0 aliphatic heterocycles. The Morgan fingerprint density at radius 2 is 2.24 bits per heavy atom. The third-order valence-corrected chi connectivity index (χ3v) is 2.29. The minimum absolute atomic E-state index is 0.384. The van der Waals surface area contributed by atoms with Gasteiger partial charge in [0.15, 0.2) is 0 Å². The summed E-state index contributed by atoms with van der Waals surface area (Å²) >= 11 is 0. The van der Waals surface area contributed by atoms with Crippen LogP contribution >= 0.6 is 0 Å². The number of nitrogens with one attached hydrogen (secondary N) is 1. The lowest BCUT2D eigenvalue weighted by molar-refractivity contribution is 0.100. The Morgan fingerprint density at radius 3 is 2.82 bits per heavy atom. The maximum Gasteiger partial charge on any atom is 0.248 e. The molecule has 2 rings (SSSR count). The second-order valence-corrected chi connectivity index (χ2v) is 3.51. The first-order valence-electron chi connectivity index (χ1n) is 4.99. The molecule has 6 heteroatoms. The van der Waals surface area contributed by atoms with Gasteiger partial charge in [-0.2, -0.15) is 0 Å². The molecule has 1 amide bonds. The predicted octanol–water partition coefficient (Wildman–Crippen LogP) is 0.968. The van der Waals surface area contributed by atoms with Crippen molar-refractivity contribution < 1.29 is 9.32 Å². The van der Waals surface area contributed by atoms with Gasteiger partial charge in [0.25, 0.3) is 0 Å². The number of primary amides is 1. The summed E-state index contributed by atoms with van der Waals surface area (Å²) in [7, 11) is 0. The van der Waals surface area contributed by atoms with Crippen molar-refractivity contribution in [2.45, 2.75) is 6.54 Å². The Bertz CT molecular complexity index is 522. The smallest absolute Gasteiger partial charge is 0.248 e. The van der Waals surface area contributed by atoms with Crippen LogP contribution in [0.5, 0.6) is 0 Å². The van der Waals surface area contributed by atoms with Crippen molar-refractivity contribution in [1.29, 1.82) is 0 Å². The Labute approximate surface area is 97.6 Å². The van der Waals surface area contributed by atoms with Gasteiger partial charge in [-0.1, -0.05) is 5.16 Å². The van der Waals surface area contributed by atoms with Crippen LogP contribution < -0.4 is 16.8 Å². The standard InChI is InChI=1S/C11H12N4O2/c12-9-5-7(11(13)16)1-2-10(9)14-6-8-3-4-17-15-8/h1-5,14H,6,12H2,(H2,13,16). The normalized spacial score (nSPS) is 10.1. The van der Waals surface area contributed by atoms with Crippen molar-refractivity contribution in [2.24, 2.45) is 5.73 Å². The molecule has 2 aromatic rings. The molecular formula is C11H12N4O2. The zero-order valence-electron chi connectivity index (χ0n) is 9.01. The molecule has 0 bridgehead atoms. The van der Waals surface area contributed by atoms with Gasteiger partial charge in [0.05, 0.1) is 17.9 Å². The van der Waals surface area contributed by atoms with E-state index in [0.717, 1.165) is 11.4 Å². The van der Waals surface area contributed by atoms with E-state index in [9.17, 15) is 4.79 Å². The molecule has 0 fully saturated rings. The highest BCUT2D eigenvalue weighted by Crippen LogP contribution is 2.20. The number of anilines is 2. The summed E-state index contributed by atoms with van der Waals surface area (Å²) in [5, 5.41) is 6.84. The van der Waals surface area contributed by atoms with E-state index in [-0.39, 0.29) is 0 Å². The highest BCUT2D eigenvalue weighted by molar-refractivity contribution is 5.94. The lowest BCUT2D eigenvalue weighted by atomic mass is 10.1. The van der Waals surface area contributed by atoms with E-state index in [1.54, 1.807) is 18.2 Å². The van der Waals surface area contributed by atoms with Crippen LogP contribution in [0, 0.1) is 0 Å². The van der Waals surface area contributed by atoms with Gasteiger partial charge in [-0.3, -0.25) is 4.79 Å². The van der Waals surface area contributed by atoms with Crippen LogP contribution in [0.1, 0.15) is 16.1 Å². The van der Waals surface area contributed by atoms with Crippen molar-refractivity contribution >= 4 is 17.3 Å². The summed E-state index contributed by atoms with van der Waals surface area (Å²) in [5.41, 5.74) is 13.3. The Kier molecular flexibility index (Phi) is 2.95. The average molecular weight is 232 g/mol. The van der Waals surface area contributed by atoms with E-state index in [2.05, 4.69) is 10.5 Å². The van der Waals surface area contributed by atoms with Crippen LogP contribution in [0.2, 0.25) is 0 Å². The number of nitrogens with two attached hydrogens (primary N) is 2. The van der Waals surface area contributed by atoms with Gasteiger partial charge in [-0.25, -0.2) is 0 Å². The van der Waals surface area contributed by atoms with Gasteiger partial charge in [-0.05, 0) is 18.2 Å². The van der Waals surface area contributed by atoms with E-state index in [4.69, 9.17) is 16.0 Å². The highest BCUT2D eigenvalue weighted by Gasteiger charge is 2.05. The molecule has 1 heterocycles. The molecule has 5 N–H and O–H groups in total. The van der Waals surface area contributed by atoms with E-state index in [1.165, 1.54) is 12.3 Å². The molecule has 0 spiro atoms. The number of aromatic nitrogens is 1. The molecule has 0 saturated carbocycles. The molecule has 0 saturated heterocycles. The first kappa shape index (κ1) is 11.0. The number of carbonyl (C=O) groups excluding carboxylic acids is 1. The number of hydrogen-bond acceptors (Lipinski definition) is 5. The quantitative estimate of drug-likeness (QED) is 0.681. The molecule has 6 nitrogen and oxygen atoms in total. The van der Waals surface area contributed by atoms with Crippen molar-refractivity contribution in [1.82, 2.24) is 5.16 Å². The SMILES string of the molecule is NC(=O)c1ccc(NCc2ccon2)c(N)c1. The lowest BCUT2D eigenvalue weighted by Gasteiger charge is -2.08. The summed E-state index contributed by atoms with van der Waals surface area (Å²) in [6.45, 7) is 0.497. The molecule has 1 aromatic carbocycles.